The standard InChI is InChI=1S/C12H11BF3NS/c1-13-7-10-6-11(17-18-10)8-2-4-9(5-3-8)12(14,15)16/h2-6,13H,7H2,1H3. The fraction of sp³-hybridized carbons (Fsp3) is 0.250. The topological polar surface area (TPSA) is 12.9 Å². The van der Waals surface area contributed by atoms with E-state index in [0.29, 0.717) is 0 Å². The molecule has 0 aliphatic heterocycles. The van der Waals surface area contributed by atoms with Gasteiger partial charge in [0.05, 0.1) is 11.3 Å². The van der Waals surface area contributed by atoms with Crippen LogP contribution in [0.2, 0.25) is 6.82 Å². The third kappa shape index (κ3) is 2.93. The van der Waals surface area contributed by atoms with Crippen molar-refractivity contribution in [1.82, 2.24) is 4.37 Å². The molecule has 1 heterocycles. The second-order valence-electron chi connectivity index (χ2n) is 4.00. The van der Waals surface area contributed by atoms with Crippen LogP contribution in [0, 0.1) is 0 Å². The molecule has 2 rings (SSSR count). The molecule has 0 atom stereocenters. The van der Waals surface area contributed by atoms with Gasteiger partial charge in [0.1, 0.15) is 7.28 Å². The number of hydrogen-bond acceptors (Lipinski definition) is 2. The van der Waals surface area contributed by atoms with E-state index in [1.54, 1.807) is 0 Å². The Morgan fingerprint density at radius 3 is 2.44 bits per heavy atom. The molecule has 0 amide bonds. The summed E-state index contributed by atoms with van der Waals surface area (Å²) >= 11 is 1.41. The fourth-order valence-corrected chi connectivity index (χ4v) is 2.48. The molecule has 1 aromatic carbocycles. The molecule has 0 radical (unpaired) electrons. The van der Waals surface area contributed by atoms with Crippen LogP contribution in [-0.2, 0) is 12.5 Å². The Kier molecular flexibility index (Phi) is 3.75. The van der Waals surface area contributed by atoms with Gasteiger partial charge in [-0.2, -0.15) is 17.5 Å². The maximum Gasteiger partial charge on any atom is 0.416 e. The normalized spacial score (nSPS) is 11.6. The molecular formula is C12H11BF3NS. The Morgan fingerprint density at radius 2 is 1.89 bits per heavy atom. The summed E-state index contributed by atoms with van der Waals surface area (Å²) in [6.45, 7) is 2.08. The molecule has 0 saturated heterocycles. The van der Waals surface area contributed by atoms with Crippen molar-refractivity contribution >= 4 is 18.8 Å². The molecule has 0 N–H and O–H groups in total. The zero-order chi connectivity index (χ0) is 13.2. The predicted octanol–water partition coefficient (Wildman–Crippen LogP) is 3.81. The number of nitrogens with zero attached hydrogens (tertiary/aromatic N) is 1. The predicted molar refractivity (Wildman–Crippen MR) is 69.3 cm³/mol. The van der Waals surface area contributed by atoms with E-state index < -0.39 is 11.7 Å². The first-order valence-electron chi connectivity index (χ1n) is 5.64. The van der Waals surface area contributed by atoms with Crippen LogP contribution < -0.4 is 0 Å². The summed E-state index contributed by atoms with van der Waals surface area (Å²) in [4.78, 5) is 1.16. The molecule has 0 bridgehead atoms. The zero-order valence-electron chi connectivity index (χ0n) is 9.79. The number of hydrogen-bond donors (Lipinski definition) is 0. The van der Waals surface area contributed by atoms with E-state index in [0.717, 1.165) is 41.9 Å². The van der Waals surface area contributed by atoms with Crippen LogP contribution in [0.15, 0.2) is 30.3 Å². The highest BCUT2D eigenvalue weighted by Gasteiger charge is 2.30. The smallest absolute Gasteiger partial charge is 0.192 e. The van der Waals surface area contributed by atoms with Gasteiger partial charge in [0, 0.05) is 10.4 Å². The first-order chi connectivity index (χ1) is 8.50. The minimum atomic E-state index is -4.28. The average molecular weight is 269 g/mol. The fourth-order valence-electron chi connectivity index (χ4n) is 1.64. The Morgan fingerprint density at radius 1 is 1.22 bits per heavy atom. The molecule has 2 aromatic rings. The average Bonchev–Trinajstić information content (AvgIpc) is 2.77. The van der Waals surface area contributed by atoms with Gasteiger partial charge in [0.25, 0.3) is 0 Å². The van der Waals surface area contributed by atoms with Crippen molar-refractivity contribution < 1.29 is 13.2 Å². The van der Waals surface area contributed by atoms with E-state index in [9.17, 15) is 13.2 Å². The van der Waals surface area contributed by atoms with Gasteiger partial charge in [-0.1, -0.05) is 19.0 Å². The molecule has 0 unspecified atom stereocenters. The lowest BCUT2D eigenvalue weighted by atomic mass is 9.77. The zero-order valence-corrected chi connectivity index (χ0v) is 10.6. The largest absolute Gasteiger partial charge is 0.416 e. The van der Waals surface area contributed by atoms with E-state index in [1.807, 2.05) is 6.07 Å². The lowest BCUT2D eigenvalue weighted by Crippen LogP contribution is -2.03. The van der Waals surface area contributed by atoms with Crippen LogP contribution in [0.4, 0.5) is 13.2 Å². The van der Waals surface area contributed by atoms with Crippen LogP contribution in [0.25, 0.3) is 11.3 Å². The monoisotopic (exact) mass is 269 g/mol. The molecule has 18 heavy (non-hydrogen) atoms. The Labute approximate surface area is 108 Å². The highest BCUT2D eigenvalue weighted by atomic mass is 32.1. The summed E-state index contributed by atoms with van der Waals surface area (Å²) in [5.74, 6) is 0. The van der Waals surface area contributed by atoms with Crippen LogP contribution in [0.5, 0.6) is 0 Å². The van der Waals surface area contributed by atoms with Gasteiger partial charge < -0.3 is 0 Å². The van der Waals surface area contributed by atoms with Crippen LogP contribution >= 0.6 is 11.5 Å². The molecule has 0 spiro atoms. The molecule has 0 aliphatic carbocycles. The van der Waals surface area contributed by atoms with Gasteiger partial charge in [-0.05, 0) is 36.1 Å². The highest BCUT2D eigenvalue weighted by Crippen LogP contribution is 2.31. The molecule has 0 saturated carbocycles. The number of alkyl halides is 3. The molecule has 0 aliphatic rings. The number of aromatic nitrogens is 1. The van der Waals surface area contributed by atoms with Gasteiger partial charge in [-0.3, -0.25) is 0 Å². The van der Waals surface area contributed by atoms with E-state index in [1.165, 1.54) is 23.7 Å². The third-order valence-electron chi connectivity index (χ3n) is 2.56. The lowest BCUT2D eigenvalue weighted by molar-refractivity contribution is -0.137. The van der Waals surface area contributed by atoms with E-state index in [4.69, 9.17) is 0 Å². The summed E-state index contributed by atoms with van der Waals surface area (Å²) < 4.78 is 41.5. The summed E-state index contributed by atoms with van der Waals surface area (Å²) in [5.41, 5.74) is 0.842. The molecule has 1 nitrogen and oxygen atoms in total. The number of halogens is 3. The van der Waals surface area contributed by atoms with Crippen molar-refractivity contribution in [3.8, 4) is 11.3 Å². The third-order valence-corrected chi connectivity index (χ3v) is 3.41. The van der Waals surface area contributed by atoms with Crippen molar-refractivity contribution in [2.75, 3.05) is 0 Å². The second-order valence-corrected chi connectivity index (χ2v) is 4.89. The maximum atomic E-state index is 12.4. The Hall–Kier alpha value is -1.30. The minimum absolute atomic E-state index is 0.629. The molecule has 6 heteroatoms. The number of benzene rings is 1. The van der Waals surface area contributed by atoms with Crippen molar-refractivity contribution in [1.29, 1.82) is 0 Å². The Balaban J connectivity index is 2.23. The minimum Gasteiger partial charge on any atom is -0.192 e. The number of rotatable bonds is 3. The molecule has 1 aromatic heterocycles. The summed E-state index contributed by atoms with van der Waals surface area (Å²) in [7, 11) is 1.04. The van der Waals surface area contributed by atoms with Crippen LogP contribution in [0.1, 0.15) is 10.4 Å². The SMILES string of the molecule is CBCc1cc(-c2ccc(C(F)(F)F)cc2)ns1. The molecular weight excluding hydrogens is 258 g/mol. The molecule has 0 fully saturated rings. The van der Waals surface area contributed by atoms with E-state index >= 15 is 0 Å². The lowest BCUT2D eigenvalue weighted by Gasteiger charge is -2.06. The van der Waals surface area contributed by atoms with Crippen LogP contribution in [0.3, 0.4) is 0 Å². The quantitative estimate of drug-likeness (QED) is 0.772. The maximum absolute atomic E-state index is 12.4. The van der Waals surface area contributed by atoms with Gasteiger partial charge in [-0.15, -0.1) is 0 Å². The Bertz CT molecular complexity index is 519. The first-order valence-corrected chi connectivity index (χ1v) is 6.41. The van der Waals surface area contributed by atoms with Gasteiger partial charge in [-0.25, -0.2) is 0 Å². The van der Waals surface area contributed by atoms with Crippen molar-refractivity contribution in [2.24, 2.45) is 0 Å². The van der Waals surface area contributed by atoms with Crippen LogP contribution in [-0.4, -0.2) is 11.7 Å². The van der Waals surface area contributed by atoms with Crippen molar-refractivity contribution in [3.63, 3.8) is 0 Å². The van der Waals surface area contributed by atoms with Crippen molar-refractivity contribution in [3.05, 3.63) is 40.8 Å². The second kappa shape index (κ2) is 5.14. The first kappa shape index (κ1) is 13.1. The summed E-state index contributed by atoms with van der Waals surface area (Å²) in [5, 5.41) is 0. The molecule has 94 valence electrons. The van der Waals surface area contributed by atoms with E-state index in [2.05, 4.69) is 11.2 Å². The van der Waals surface area contributed by atoms with Crippen molar-refractivity contribution in [2.45, 2.75) is 19.3 Å². The van der Waals surface area contributed by atoms with Gasteiger partial charge >= 0.3 is 6.18 Å². The van der Waals surface area contributed by atoms with E-state index in [-0.39, 0.29) is 0 Å². The summed E-state index contributed by atoms with van der Waals surface area (Å²) in [6, 6.07) is 7.06. The summed E-state index contributed by atoms with van der Waals surface area (Å²) in [6.07, 6.45) is -3.33. The highest BCUT2D eigenvalue weighted by molar-refractivity contribution is 7.06. The van der Waals surface area contributed by atoms with Gasteiger partial charge in [0.15, 0.2) is 0 Å². The van der Waals surface area contributed by atoms with Gasteiger partial charge in [0.2, 0.25) is 0 Å².